The van der Waals surface area contributed by atoms with E-state index in [0.717, 1.165) is 53.6 Å². The van der Waals surface area contributed by atoms with E-state index in [1.165, 1.54) is 20.0 Å². The number of esters is 1. The maximum absolute atomic E-state index is 12.7. The van der Waals surface area contributed by atoms with Crippen molar-refractivity contribution in [2.75, 3.05) is 13.7 Å². The largest absolute Gasteiger partial charge is 0.468 e. The van der Waals surface area contributed by atoms with Crippen LogP contribution in [0.5, 0.6) is 0 Å². The Labute approximate surface area is 204 Å². The van der Waals surface area contributed by atoms with Gasteiger partial charge in [-0.15, -0.1) is 0 Å². The van der Waals surface area contributed by atoms with E-state index in [4.69, 9.17) is 11.6 Å². The first kappa shape index (κ1) is 24.3. The number of carbonyl (C=O) groups excluding carboxylic acids is 2. The summed E-state index contributed by atoms with van der Waals surface area (Å²) in [5.74, 6) is 0.165. The highest BCUT2D eigenvalue weighted by Gasteiger charge is 2.26. The van der Waals surface area contributed by atoms with Crippen molar-refractivity contribution in [1.82, 2.24) is 10.3 Å². The second kappa shape index (κ2) is 11.0. The van der Waals surface area contributed by atoms with E-state index in [9.17, 15) is 14.4 Å². The first-order valence-corrected chi connectivity index (χ1v) is 12.4. The van der Waals surface area contributed by atoms with Gasteiger partial charge in [0.1, 0.15) is 6.54 Å². The molecule has 34 heavy (non-hydrogen) atoms. The number of hydrogen-bond donors (Lipinski definition) is 2. The van der Waals surface area contributed by atoms with E-state index >= 15 is 0 Å². The number of hydrogen-bond acceptors (Lipinski definition) is 4. The smallest absolute Gasteiger partial charge is 0.325 e. The molecule has 0 spiro atoms. The summed E-state index contributed by atoms with van der Waals surface area (Å²) < 4.78 is 4.53. The number of aromatic amines is 1. The Bertz CT molecular complexity index is 1140. The predicted octanol–water partition coefficient (Wildman–Crippen LogP) is 4.75. The molecule has 1 amide bonds. The molecule has 1 heterocycles. The normalized spacial score (nSPS) is 16.5. The molecule has 4 rings (SSSR count). The number of pyridine rings is 1. The number of aryl methyl sites for hydroxylation is 1. The number of nitrogens with one attached hydrogen (secondary N) is 2. The summed E-state index contributed by atoms with van der Waals surface area (Å²) in [6, 6.07) is 9.84. The molecule has 0 aliphatic heterocycles. The summed E-state index contributed by atoms with van der Waals surface area (Å²) in [6.45, 7) is -0.144. The maximum atomic E-state index is 12.7. The summed E-state index contributed by atoms with van der Waals surface area (Å²) >= 11 is 6.61. The predicted molar refractivity (Wildman–Crippen MR) is 133 cm³/mol. The fraction of sp³-hybridized carbons (Fsp3) is 0.444. The van der Waals surface area contributed by atoms with Crippen molar-refractivity contribution in [1.29, 1.82) is 0 Å². The van der Waals surface area contributed by atoms with Crippen molar-refractivity contribution in [2.24, 2.45) is 5.92 Å². The molecule has 2 saturated carbocycles. The Hall–Kier alpha value is -2.86. The molecule has 7 heteroatoms. The van der Waals surface area contributed by atoms with E-state index in [1.807, 2.05) is 30.3 Å². The van der Waals surface area contributed by atoms with Crippen LogP contribution in [0.15, 0.2) is 41.2 Å². The van der Waals surface area contributed by atoms with E-state index in [2.05, 4.69) is 21.1 Å². The third-order valence-electron chi connectivity index (χ3n) is 6.69. The van der Waals surface area contributed by atoms with Gasteiger partial charge >= 0.3 is 5.97 Å². The highest BCUT2D eigenvalue weighted by molar-refractivity contribution is 6.31. The molecule has 2 fully saturated rings. The number of H-pyrrole nitrogens is 1. The number of benzene rings is 1. The van der Waals surface area contributed by atoms with Crippen LogP contribution in [0.1, 0.15) is 73.2 Å². The van der Waals surface area contributed by atoms with Crippen LogP contribution >= 0.6 is 11.6 Å². The fourth-order valence-corrected chi connectivity index (χ4v) is 4.83. The minimum Gasteiger partial charge on any atom is -0.468 e. The third-order valence-corrected chi connectivity index (χ3v) is 7.04. The zero-order valence-electron chi connectivity index (χ0n) is 19.5. The Kier molecular flexibility index (Phi) is 7.88. The van der Waals surface area contributed by atoms with Crippen molar-refractivity contribution >= 4 is 29.1 Å². The molecule has 0 bridgehead atoms. The van der Waals surface area contributed by atoms with Gasteiger partial charge in [-0.1, -0.05) is 48.7 Å². The van der Waals surface area contributed by atoms with Gasteiger partial charge in [-0.2, -0.15) is 0 Å². The van der Waals surface area contributed by atoms with Crippen LogP contribution in [-0.4, -0.2) is 30.5 Å². The van der Waals surface area contributed by atoms with E-state index in [-0.39, 0.29) is 24.4 Å². The van der Waals surface area contributed by atoms with Crippen LogP contribution in [0.2, 0.25) is 5.02 Å². The molecule has 0 saturated heterocycles. The second-order valence-corrected chi connectivity index (χ2v) is 9.62. The standard InChI is InChI=1S/C27H31ClN2O4/c1-34-26(32)16-29-25(31)13-10-19-8-9-20(15-23(19)28)22(14-17-4-2-3-5-17)24-12-11-21(18-6-7-18)27(33)30-24/h8-9,11-12,14-15,17-18H,2-7,10,13,16H2,1H3,(H,29,31)(H,30,33)/b22-14+. The van der Waals surface area contributed by atoms with Crippen molar-refractivity contribution in [3.63, 3.8) is 0 Å². The molecule has 180 valence electrons. The van der Waals surface area contributed by atoms with Crippen LogP contribution in [0, 0.1) is 5.92 Å². The molecular formula is C27H31ClN2O4. The van der Waals surface area contributed by atoms with Crippen molar-refractivity contribution in [2.45, 2.75) is 57.3 Å². The number of rotatable bonds is 9. The first-order chi connectivity index (χ1) is 16.4. The van der Waals surface area contributed by atoms with Gasteiger partial charge in [-0.05, 0) is 67.2 Å². The van der Waals surface area contributed by atoms with Crippen LogP contribution < -0.4 is 10.9 Å². The number of aromatic nitrogens is 1. The lowest BCUT2D eigenvalue weighted by Gasteiger charge is -2.14. The SMILES string of the molecule is COC(=O)CNC(=O)CCc1ccc(/C(=C\C2CCCC2)c2ccc(C3CC3)c(=O)[nH]2)cc1Cl. The van der Waals surface area contributed by atoms with Crippen LogP contribution in [-0.2, 0) is 20.7 Å². The molecule has 6 nitrogen and oxygen atoms in total. The minimum absolute atomic E-state index is 0.00185. The summed E-state index contributed by atoms with van der Waals surface area (Å²) in [7, 11) is 1.28. The summed E-state index contributed by atoms with van der Waals surface area (Å²) in [5, 5.41) is 3.11. The molecule has 1 aromatic heterocycles. The van der Waals surface area contributed by atoms with Crippen molar-refractivity contribution in [3.05, 3.63) is 74.2 Å². The minimum atomic E-state index is -0.486. The molecule has 2 aliphatic carbocycles. The molecule has 0 unspecified atom stereocenters. The topological polar surface area (TPSA) is 88.3 Å². The van der Waals surface area contributed by atoms with E-state index in [1.54, 1.807) is 0 Å². The highest BCUT2D eigenvalue weighted by atomic mass is 35.5. The Morgan fingerprint density at radius 2 is 1.91 bits per heavy atom. The van der Waals surface area contributed by atoms with Gasteiger partial charge in [0.25, 0.3) is 5.56 Å². The fourth-order valence-electron chi connectivity index (χ4n) is 4.56. The van der Waals surface area contributed by atoms with Crippen LogP contribution in [0.25, 0.3) is 5.57 Å². The molecule has 2 N–H and O–H groups in total. The number of allylic oxidation sites excluding steroid dienone is 1. The number of carbonyl (C=O) groups is 2. The summed E-state index contributed by atoms with van der Waals surface area (Å²) in [5.41, 5.74) is 4.49. The Balaban J connectivity index is 1.53. The quantitative estimate of drug-likeness (QED) is 0.505. The zero-order chi connectivity index (χ0) is 24.1. The number of ether oxygens (including phenoxy) is 1. The van der Waals surface area contributed by atoms with Gasteiger partial charge in [0.05, 0.1) is 7.11 Å². The highest BCUT2D eigenvalue weighted by Crippen LogP contribution is 2.39. The average Bonchev–Trinajstić information content (AvgIpc) is 3.54. The van der Waals surface area contributed by atoms with Gasteiger partial charge in [0.15, 0.2) is 0 Å². The Morgan fingerprint density at radius 1 is 1.15 bits per heavy atom. The lowest BCUT2D eigenvalue weighted by Crippen LogP contribution is -2.30. The van der Waals surface area contributed by atoms with Gasteiger partial charge in [-0.25, -0.2) is 0 Å². The lowest BCUT2D eigenvalue weighted by atomic mass is 9.94. The van der Waals surface area contributed by atoms with Crippen LogP contribution in [0.4, 0.5) is 0 Å². The first-order valence-electron chi connectivity index (χ1n) is 12.0. The molecule has 2 aliphatic rings. The van der Waals surface area contributed by atoms with Gasteiger partial charge in [-0.3, -0.25) is 14.4 Å². The second-order valence-electron chi connectivity index (χ2n) is 9.21. The van der Waals surface area contributed by atoms with Crippen molar-refractivity contribution in [3.8, 4) is 0 Å². The van der Waals surface area contributed by atoms with Crippen LogP contribution in [0.3, 0.4) is 0 Å². The Morgan fingerprint density at radius 3 is 2.56 bits per heavy atom. The average molecular weight is 483 g/mol. The van der Waals surface area contributed by atoms with Gasteiger partial charge in [0.2, 0.25) is 5.91 Å². The zero-order valence-corrected chi connectivity index (χ0v) is 20.2. The molecule has 1 aromatic carbocycles. The summed E-state index contributed by atoms with van der Waals surface area (Å²) in [6.07, 6.45) is 9.89. The number of methoxy groups -OCH3 is 1. The lowest BCUT2D eigenvalue weighted by molar-refractivity contribution is -0.141. The van der Waals surface area contributed by atoms with E-state index < -0.39 is 5.97 Å². The van der Waals surface area contributed by atoms with Gasteiger partial charge in [0, 0.05) is 28.3 Å². The van der Waals surface area contributed by atoms with Crippen molar-refractivity contribution < 1.29 is 14.3 Å². The summed E-state index contributed by atoms with van der Waals surface area (Å²) in [4.78, 5) is 39.0. The molecular weight excluding hydrogens is 452 g/mol. The molecule has 0 radical (unpaired) electrons. The maximum Gasteiger partial charge on any atom is 0.325 e. The number of amides is 1. The monoisotopic (exact) mass is 482 g/mol. The number of halogens is 1. The third kappa shape index (κ3) is 6.17. The van der Waals surface area contributed by atoms with E-state index in [0.29, 0.717) is 23.3 Å². The molecule has 2 aromatic rings. The molecule has 0 atom stereocenters. The van der Waals surface area contributed by atoms with Gasteiger partial charge < -0.3 is 15.0 Å².